The second kappa shape index (κ2) is 5.09. The Hall–Kier alpha value is -1.39. The molecule has 0 spiro atoms. The van der Waals surface area contributed by atoms with E-state index < -0.39 is 0 Å². The number of benzene rings is 1. The van der Waals surface area contributed by atoms with Crippen molar-refractivity contribution < 1.29 is 4.42 Å². The molecule has 0 saturated heterocycles. The highest BCUT2D eigenvalue weighted by molar-refractivity contribution is 5.73. The number of hydrogen-bond donors (Lipinski definition) is 2. The van der Waals surface area contributed by atoms with Crippen LogP contribution in [-0.2, 0) is 6.42 Å². The predicted molar refractivity (Wildman–Crippen MR) is 64.4 cm³/mol. The van der Waals surface area contributed by atoms with Gasteiger partial charge in [0, 0.05) is 20.1 Å². The van der Waals surface area contributed by atoms with Crippen LogP contribution in [0, 0.1) is 6.92 Å². The van der Waals surface area contributed by atoms with Gasteiger partial charge in [-0.1, -0.05) is 6.07 Å². The average Bonchev–Trinajstić information content (AvgIpc) is 2.64. The molecule has 1 aromatic heterocycles. The Morgan fingerprint density at radius 2 is 2.25 bits per heavy atom. The smallest absolute Gasteiger partial charge is 0.192 e. The molecule has 0 saturated carbocycles. The van der Waals surface area contributed by atoms with Gasteiger partial charge in [-0.15, -0.1) is 0 Å². The molecule has 2 N–H and O–H groups in total. The first-order valence-electron chi connectivity index (χ1n) is 5.51. The van der Waals surface area contributed by atoms with Crippen LogP contribution < -0.4 is 10.6 Å². The SMILES string of the molecule is CNCNCCc1ccc2nc(C)oc2c1. The van der Waals surface area contributed by atoms with E-state index in [1.54, 1.807) is 0 Å². The van der Waals surface area contributed by atoms with Gasteiger partial charge in [0.2, 0.25) is 0 Å². The molecule has 0 atom stereocenters. The van der Waals surface area contributed by atoms with Crippen molar-refractivity contribution in [2.75, 3.05) is 20.3 Å². The normalized spacial score (nSPS) is 11.1. The fourth-order valence-corrected chi connectivity index (χ4v) is 1.69. The maximum absolute atomic E-state index is 5.49. The van der Waals surface area contributed by atoms with Crippen LogP contribution in [-0.4, -0.2) is 25.2 Å². The van der Waals surface area contributed by atoms with Gasteiger partial charge < -0.3 is 15.1 Å². The quantitative estimate of drug-likeness (QED) is 0.590. The molecule has 1 heterocycles. The number of oxazole rings is 1. The van der Waals surface area contributed by atoms with Gasteiger partial charge in [0.25, 0.3) is 0 Å². The Balaban J connectivity index is 2.02. The standard InChI is InChI=1S/C12H17N3O/c1-9-15-11-4-3-10(7-12(11)16-9)5-6-14-8-13-2/h3-4,7,13-14H,5-6,8H2,1-2H3. The second-order valence-corrected chi connectivity index (χ2v) is 3.82. The van der Waals surface area contributed by atoms with E-state index in [2.05, 4.69) is 27.8 Å². The first kappa shape index (κ1) is 11.1. The molecule has 0 radical (unpaired) electrons. The van der Waals surface area contributed by atoms with E-state index >= 15 is 0 Å². The Kier molecular flexibility index (Phi) is 3.54. The molecule has 86 valence electrons. The minimum Gasteiger partial charge on any atom is -0.441 e. The number of aryl methyl sites for hydroxylation is 1. The summed E-state index contributed by atoms with van der Waals surface area (Å²) < 4.78 is 5.49. The summed E-state index contributed by atoms with van der Waals surface area (Å²) in [5.41, 5.74) is 3.08. The van der Waals surface area contributed by atoms with Crippen molar-refractivity contribution in [2.45, 2.75) is 13.3 Å². The van der Waals surface area contributed by atoms with E-state index in [-0.39, 0.29) is 0 Å². The van der Waals surface area contributed by atoms with Crippen molar-refractivity contribution in [3.05, 3.63) is 29.7 Å². The molecule has 0 bridgehead atoms. The topological polar surface area (TPSA) is 50.1 Å². The third-order valence-corrected chi connectivity index (χ3v) is 2.45. The maximum Gasteiger partial charge on any atom is 0.192 e. The molecular formula is C12H17N3O. The molecular weight excluding hydrogens is 202 g/mol. The van der Waals surface area contributed by atoms with Crippen LogP contribution in [0.25, 0.3) is 11.1 Å². The van der Waals surface area contributed by atoms with Gasteiger partial charge in [0.1, 0.15) is 5.52 Å². The van der Waals surface area contributed by atoms with Gasteiger partial charge in [-0.25, -0.2) is 4.98 Å². The number of nitrogens with one attached hydrogen (secondary N) is 2. The highest BCUT2D eigenvalue weighted by Crippen LogP contribution is 2.16. The fourth-order valence-electron chi connectivity index (χ4n) is 1.69. The molecule has 0 fully saturated rings. The van der Waals surface area contributed by atoms with Crippen molar-refractivity contribution in [3.8, 4) is 0 Å². The molecule has 0 aliphatic rings. The summed E-state index contributed by atoms with van der Waals surface area (Å²) in [6, 6.07) is 6.18. The van der Waals surface area contributed by atoms with Gasteiger partial charge in [0.05, 0.1) is 0 Å². The molecule has 0 amide bonds. The lowest BCUT2D eigenvalue weighted by molar-refractivity contribution is 0.560. The average molecular weight is 219 g/mol. The van der Waals surface area contributed by atoms with Gasteiger partial charge in [-0.05, 0) is 31.2 Å². The zero-order valence-corrected chi connectivity index (χ0v) is 9.71. The zero-order valence-electron chi connectivity index (χ0n) is 9.71. The molecule has 2 aromatic rings. The van der Waals surface area contributed by atoms with Crippen LogP contribution in [0.3, 0.4) is 0 Å². The largest absolute Gasteiger partial charge is 0.441 e. The van der Waals surface area contributed by atoms with Crippen molar-refractivity contribution in [3.63, 3.8) is 0 Å². The Morgan fingerprint density at radius 1 is 1.38 bits per heavy atom. The van der Waals surface area contributed by atoms with E-state index in [1.807, 2.05) is 20.0 Å². The number of nitrogens with zero attached hydrogens (tertiary/aromatic N) is 1. The van der Waals surface area contributed by atoms with Crippen LogP contribution in [0.4, 0.5) is 0 Å². The molecule has 0 aliphatic heterocycles. The van der Waals surface area contributed by atoms with E-state index in [9.17, 15) is 0 Å². The van der Waals surface area contributed by atoms with E-state index in [0.29, 0.717) is 0 Å². The number of hydrogen-bond acceptors (Lipinski definition) is 4. The van der Waals surface area contributed by atoms with Crippen LogP contribution in [0.2, 0.25) is 0 Å². The van der Waals surface area contributed by atoms with E-state index in [1.165, 1.54) is 5.56 Å². The van der Waals surface area contributed by atoms with Crippen LogP contribution >= 0.6 is 0 Å². The molecule has 4 nitrogen and oxygen atoms in total. The van der Waals surface area contributed by atoms with Crippen LogP contribution in [0.15, 0.2) is 22.6 Å². The Morgan fingerprint density at radius 3 is 3.06 bits per heavy atom. The number of aromatic nitrogens is 1. The lowest BCUT2D eigenvalue weighted by Gasteiger charge is -2.03. The van der Waals surface area contributed by atoms with Gasteiger partial charge in [-0.2, -0.15) is 0 Å². The van der Waals surface area contributed by atoms with Crippen molar-refractivity contribution in [1.29, 1.82) is 0 Å². The minimum atomic E-state index is 0.723. The Labute approximate surface area is 95.1 Å². The summed E-state index contributed by atoms with van der Waals surface area (Å²) in [5, 5.41) is 6.33. The van der Waals surface area contributed by atoms with Crippen LogP contribution in [0.1, 0.15) is 11.5 Å². The lowest BCUT2D eigenvalue weighted by atomic mass is 10.1. The third kappa shape index (κ3) is 2.59. The summed E-state index contributed by atoms with van der Waals surface area (Å²) in [5.74, 6) is 0.723. The molecule has 4 heteroatoms. The highest BCUT2D eigenvalue weighted by atomic mass is 16.3. The predicted octanol–water partition coefficient (Wildman–Crippen LogP) is 1.45. The minimum absolute atomic E-state index is 0.723. The van der Waals surface area contributed by atoms with Gasteiger partial charge in [0.15, 0.2) is 11.5 Å². The number of fused-ring (bicyclic) bond motifs is 1. The Bertz CT molecular complexity index is 464. The van der Waals surface area contributed by atoms with Gasteiger partial charge >= 0.3 is 0 Å². The van der Waals surface area contributed by atoms with Gasteiger partial charge in [-0.3, -0.25) is 0 Å². The summed E-state index contributed by atoms with van der Waals surface area (Å²) >= 11 is 0. The summed E-state index contributed by atoms with van der Waals surface area (Å²) in [7, 11) is 1.93. The van der Waals surface area contributed by atoms with E-state index in [0.717, 1.165) is 36.6 Å². The zero-order chi connectivity index (χ0) is 11.4. The van der Waals surface area contributed by atoms with Crippen molar-refractivity contribution in [1.82, 2.24) is 15.6 Å². The summed E-state index contributed by atoms with van der Waals surface area (Å²) in [4.78, 5) is 4.27. The maximum atomic E-state index is 5.49. The molecule has 0 aliphatic carbocycles. The molecule has 16 heavy (non-hydrogen) atoms. The number of rotatable bonds is 5. The molecule has 2 rings (SSSR count). The monoisotopic (exact) mass is 219 g/mol. The third-order valence-electron chi connectivity index (χ3n) is 2.45. The molecule has 1 aromatic carbocycles. The van der Waals surface area contributed by atoms with E-state index in [4.69, 9.17) is 4.42 Å². The molecule has 0 unspecified atom stereocenters. The second-order valence-electron chi connectivity index (χ2n) is 3.82. The lowest BCUT2D eigenvalue weighted by Crippen LogP contribution is -2.27. The van der Waals surface area contributed by atoms with Crippen molar-refractivity contribution >= 4 is 11.1 Å². The fraction of sp³-hybridized carbons (Fsp3) is 0.417. The first-order valence-corrected chi connectivity index (χ1v) is 5.51. The van der Waals surface area contributed by atoms with Crippen molar-refractivity contribution in [2.24, 2.45) is 0 Å². The summed E-state index contributed by atoms with van der Waals surface area (Å²) in [6.45, 7) is 3.66. The summed E-state index contributed by atoms with van der Waals surface area (Å²) in [6.07, 6.45) is 0.997. The highest BCUT2D eigenvalue weighted by Gasteiger charge is 2.02. The first-order chi connectivity index (χ1) is 7.79. The van der Waals surface area contributed by atoms with Crippen LogP contribution in [0.5, 0.6) is 0 Å².